The van der Waals surface area contributed by atoms with Gasteiger partial charge in [0.15, 0.2) is 5.13 Å². The summed E-state index contributed by atoms with van der Waals surface area (Å²) in [5, 5.41) is 3.77. The molecule has 5 rings (SSSR count). The van der Waals surface area contributed by atoms with Gasteiger partial charge in [-0.2, -0.15) is 0 Å². The molecule has 0 spiro atoms. The molecule has 0 radical (unpaired) electrons. The Morgan fingerprint density at radius 1 is 1.03 bits per heavy atom. The second kappa shape index (κ2) is 10.2. The topological polar surface area (TPSA) is 114 Å². The van der Waals surface area contributed by atoms with Crippen molar-refractivity contribution >= 4 is 28.3 Å². The van der Waals surface area contributed by atoms with Gasteiger partial charge in [-0.15, -0.1) is 11.3 Å². The first-order valence-corrected chi connectivity index (χ1v) is 13.0. The van der Waals surface area contributed by atoms with Crippen molar-refractivity contribution in [1.29, 1.82) is 0 Å². The molecule has 2 amide bonds. The third-order valence-corrected chi connectivity index (χ3v) is 8.05. The number of nitrogens with one attached hydrogen (secondary N) is 1. The van der Waals surface area contributed by atoms with Crippen LogP contribution >= 0.6 is 11.3 Å². The maximum Gasteiger partial charge on any atom is 0.243 e. The highest BCUT2D eigenvalue weighted by Gasteiger charge is 2.40. The van der Waals surface area contributed by atoms with Crippen LogP contribution in [0.25, 0.3) is 0 Å². The lowest BCUT2D eigenvalue weighted by Crippen LogP contribution is -2.54. The fraction of sp³-hybridized carbons (Fsp3) is 0.370. The molecule has 1 aliphatic heterocycles. The predicted octanol–water partition coefficient (Wildman–Crippen LogP) is 2.85. The van der Waals surface area contributed by atoms with Crippen molar-refractivity contribution in [2.45, 2.75) is 56.1 Å². The maximum absolute atomic E-state index is 13.7. The normalized spacial score (nSPS) is 20.5. The van der Waals surface area contributed by atoms with Crippen molar-refractivity contribution in [3.8, 4) is 0 Å². The number of amides is 2. The number of benzene rings is 2. The molecule has 3 aromatic rings. The van der Waals surface area contributed by atoms with Crippen LogP contribution < -0.4 is 16.8 Å². The maximum atomic E-state index is 13.7. The standard InChI is InChI=1S/C27H31N5O2S/c28-24(23(17-8-3-1-4-9-17)18-10-5-2-6-11-18)26(34)32-15-7-12-21(32)25(33)30-19-13-14-20-22(16-19)35-27(29)31-20/h1-6,8-11,19,21,23-24H,7,12-16,28H2,(H2,29,31)(H,30,33)/t19?,21-,24-/m0/s1. The van der Waals surface area contributed by atoms with Crippen LogP contribution in [0.4, 0.5) is 5.13 Å². The predicted molar refractivity (Wildman–Crippen MR) is 138 cm³/mol. The zero-order valence-corrected chi connectivity index (χ0v) is 20.4. The molecule has 1 unspecified atom stereocenters. The number of hydrogen-bond acceptors (Lipinski definition) is 6. The van der Waals surface area contributed by atoms with Crippen molar-refractivity contribution in [2.75, 3.05) is 12.3 Å². The van der Waals surface area contributed by atoms with E-state index in [4.69, 9.17) is 11.5 Å². The minimum Gasteiger partial charge on any atom is -0.375 e. The summed E-state index contributed by atoms with van der Waals surface area (Å²) in [7, 11) is 0. The van der Waals surface area contributed by atoms with Crippen LogP contribution in [0.3, 0.4) is 0 Å². The van der Waals surface area contributed by atoms with E-state index in [0.717, 1.165) is 47.4 Å². The first-order valence-electron chi connectivity index (χ1n) is 12.2. The molecule has 8 heteroatoms. The van der Waals surface area contributed by atoms with Gasteiger partial charge >= 0.3 is 0 Å². The van der Waals surface area contributed by atoms with E-state index < -0.39 is 12.1 Å². The van der Waals surface area contributed by atoms with Crippen molar-refractivity contribution < 1.29 is 9.59 Å². The SMILES string of the molecule is Nc1nc2c(s1)CC(NC(=O)[C@@H]1CCCN1C(=O)[C@@H](N)C(c1ccccc1)c1ccccc1)CC2. The molecule has 0 bridgehead atoms. The lowest BCUT2D eigenvalue weighted by Gasteiger charge is -2.32. The molecule has 0 saturated carbocycles. The first-order chi connectivity index (χ1) is 17.0. The van der Waals surface area contributed by atoms with Crippen LogP contribution in [-0.2, 0) is 22.4 Å². The molecule has 1 aliphatic carbocycles. The van der Waals surface area contributed by atoms with E-state index in [-0.39, 0.29) is 23.8 Å². The third-order valence-electron chi connectivity index (χ3n) is 7.10. The Hall–Kier alpha value is -3.23. The summed E-state index contributed by atoms with van der Waals surface area (Å²) >= 11 is 1.50. The summed E-state index contributed by atoms with van der Waals surface area (Å²) in [6.07, 6.45) is 3.81. The number of fused-ring (bicyclic) bond motifs is 1. The smallest absolute Gasteiger partial charge is 0.243 e. The van der Waals surface area contributed by atoms with Crippen LogP contribution in [-0.4, -0.2) is 46.4 Å². The van der Waals surface area contributed by atoms with E-state index in [1.54, 1.807) is 4.90 Å². The fourth-order valence-electron chi connectivity index (χ4n) is 5.38. The Kier molecular flexibility index (Phi) is 6.83. The second-order valence-electron chi connectivity index (χ2n) is 9.38. The molecule has 2 heterocycles. The Labute approximate surface area is 209 Å². The van der Waals surface area contributed by atoms with E-state index in [2.05, 4.69) is 10.3 Å². The summed E-state index contributed by atoms with van der Waals surface area (Å²) in [4.78, 5) is 34.2. The average molecular weight is 490 g/mol. The number of anilines is 1. The average Bonchev–Trinajstić information content (AvgIpc) is 3.51. The lowest BCUT2D eigenvalue weighted by molar-refractivity contribution is -0.140. The number of carbonyl (C=O) groups is 2. The van der Waals surface area contributed by atoms with Crippen LogP contribution in [0.15, 0.2) is 60.7 Å². The number of aryl methyl sites for hydroxylation is 1. The van der Waals surface area contributed by atoms with Crippen molar-refractivity contribution in [2.24, 2.45) is 5.73 Å². The van der Waals surface area contributed by atoms with E-state index in [1.807, 2.05) is 60.7 Å². The van der Waals surface area contributed by atoms with Gasteiger partial charge < -0.3 is 21.7 Å². The fourth-order valence-corrected chi connectivity index (χ4v) is 6.34. The van der Waals surface area contributed by atoms with Gasteiger partial charge in [0.2, 0.25) is 11.8 Å². The molecule has 2 aromatic carbocycles. The third kappa shape index (κ3) is 4.94. The van der Waals surface area contributed by atoms with E-state index in [1.165, 1.54) is 11.3 Å². The Balaban J connectivity index is 1.31. The van der Waals surface area contributed by atoms with Crippen molar-refractivity contribution in [1.82, 2.24) is 15.2 Å². The number of nitrogens with two attached hydrogens (primary N) is 2. The van der Waals surface area contributed by atoms with Crippen LogP contribution in [0.2, 0.25) is 0 Å². The summed E-state index contributed by atoms with van der Waals surface area (Å²) in [5.41, 5.74) is 15.5. The molecule has 5 N–H and O–H groups in total. The van der Waals surface area contributed by atoms with Gasteiger partial charge in [-0.1, -0.05) is 60.7 Å². The van der Waals surface area contributed by atoms with Crippen LogP contribution in [0.1, 0.15) is 46.9 Å². The highest BCUT2D eigenvalue weighted by Crippen LogP contribution is 2.31. The second-order valence-corrected chi connectivity index (χ2v) is 10.5. The number of likely N-dealkylation sites (tertiary alicyclic amines) is 1. The monoisotopic (exact) mass is 489 g/mol. The molecule has 182 valence electrons. The van der Waals surface area contributed by atoms with Gasteiger partial charge in [0.05, 0.1) is 11.7 Å². The zero-order valence-electron chi connectivity index (χ0n) is 19.6. The largest absolute Gasteiger partial charge is 0.375 e. The molecule has 2 aliphatic rings. The summed E-state index contributed by atoms with van der Waals surface area (Å²) in [6.45, 7) is 0.543. The summed E-state index contributed by atoms with van der Waals surface area (Å²) in [5.74, 6) is -0.561. The number of hydrogen-bond donors (Lipinski definition) is 3. The van der Waals surface area contributed by atoms with Gasteiger partial charge in [0.1, 0.15) is 6.04 Å². The quantitative estimate of drug-likeness (QED) is 0.493. The van der Waals surface area contributed by atoms with Crippen LogP contribution in [0.5, 0.6) is 0 Å². The molecule has 1 fully saturated rings. The summed E-state index contributed by atoms with van der Waals surface area (Å²) < 4.78 is 0. The highest BCUT2D eigenvalue weighted by atomic mass is 32.1. The zero-order chi connectivity index (χ0) is 24.4. The summed E-state index contributed by atoms with van der Waals surface area (Å²) in [6, 6.07) is 18.5. The van der Waals surface area contributed by atoms with Gasteiger partial charge in [0.25, 0.3) is 0 Å². The Bertz CT molecular complexity index is 1140. The molecular formula is C27H31N5O2S. The number of thiazole rings is 1. The van der Waals surface area contributed by atoms with Gasteiger partial charge in [-0.25, -0.2) is 4.98 Å². The number of rotatable bonds is 6. The minimum atomic E-state index is -0.786. The Morgan fingerprint density at radius 2 is 1.69 bits per heavy atom. The number of carbonyl (C=O) groups excluding carboxylic acids is 2. The first kappa shape index (κ1) is 23.5. The molecular weight excluding hydrogens is 458 g/mol. The minimum absolute atomic E-state index is 0.0301. The number of nitrogen functional groups attached to an aromatic ring is 1. The van der Waals surface area contributed by atoms with Crippen molar-refractivity contribution in [3.05, 3.63) is 82.4 Å². The number of nitrogens with zero attached hydrogens (tertiary/aromatic N) is 2. The molecule has 3 atom stereocenters. The molecule has 1 saturated heterocycles. The van der Waals surface area contributed by atoms with E-state index in [0.29, 0.717) is 18.1 Å². The Morgan fingerprint density at radius 3 is 2.34 bits per heavy atom. The molecule has 1 aromatic heterocycles. The molecule has 7 nitrogen and oxygen atoms in total. The highest BCUT2D eigenvalue weighted by molar-refractivity contribution is 7.15. The van der Waals surface area contributed by atoms with Gasteiger partial charge in [-0.05, 0) is 36.8 Å². The van der Waals surface area contributed by atoms with E-state index in [9.17, 15) is 9.59 Å². The lowest BCUT2D eigenvalue weighted by atomic mass is 9.84. The van der Waals surface area contributed by atoms with Gasteiger partial charge in [0, 0.05) is 29.8 Å². The van der Waals surface area contributed by atoms with Crippen molar-refractivity contribution in [3.63, 3.8) is 0 Å². The van der Waals surface area contributed by atoms with Crippen LogP contribution in [0, 0.1) is 0 Å². The van der Waals surface area contributed by atoms with Gasteiger partial charge in [-0.3, -0.25) is 9.59 Å². The van der Waals surface area contributed by atoms with E-state index >= 15 is 0 Å². The number of aromatic nitrogens is 1. The molecule has 35 heavy (non-hydrogen) atoms.